The minimum Gasteiger partial charge on any atom is -0.444 e. The van der Waals surface area contributed by atoms with Crippen molar-refractivity contribution in [3.05, 3.63) is 35.9 Å². The highest BCUT2D eigenvalue weighted by atomic mass is 16.6. The van der Waals surface area contributed by atoms with Crippen LogP contribution in [0.5, 0.6) is 0 Å². The van der Waals surface area contributed by atoms with Crippen molar-refractivity contribution in [1.82, 2.24) is 9.80 Å². The van der Waals surface area contributed by atoms with E-state index in [0.717, 1.165) is 44.6 Å². The summed E-state index contributed by atoms with van der Waals surface area (Å²) in [5.41, 5.74) is 0.827. The summed E-state index contributed by atoms with van der Waals surface area (Å²) < 4.78 is 5.44. The van der Waals surface area contributed by atoms with Crippen molar-refractivity contribution in [1.29, 1.82) is 5.26 Å². The van der Waals surface area contributed by atoms with Gasteiger partial charge in [-0.1, -0.05) is 30.3 Å². The van der Waals surface area contributed by atoms with Gasteiger partial charge in [-0.15, -0.1) is 0 Å². The first kappa shape index (κ1) is 17.8. The number of nitrogens with zero attached hydrogens (tertiary/aromatic N) is 3. The van der Waals surface area contributed by atoms with Crippen LogP contribution in [0.25, 0.3) is 0 Å². The van der Waals surface area contributed by atoms with Gasteiger partial charge >= 0.3 is 6.09 Å². The van der Waals surface area contributed by atoms with Gasteiger partial charge in [-0.05, 0) is 39.2 Å². The van der Waals surface area contributed by atoms with Crippen LogP contribution in [0.2, 0.25) is 0 Å². The van der Waals surface area contributed by atoms with Gasteiger partial charge in [0, 0.05) is 31.6 Å². The number of amides is 1. The van der Waals surface area contributed by atoms with E-state index in [2.05, 4.69) is 11.0 Å². The van der Waals surface area contributed by atoms with E-state index < -0.39 is 5.60 Å². The molecule has 0 aromatic heterocycles. The van der Waals surface area contributed by atoms with Crippen LogP contribution < -0.4 is 0 Å². The Balaban J connectivity index is 1.53. The van der Waals surface area contributed by atoms with Gasteiger partial charge in [0.15, 0.2) is 0 Å². The fourth-order valence-corrected chi connectivity index (χ4v) is 3.79. The molecule has 0 N–H and O–H groups in total. The van der Waals surface area contributed by atoms with Gasteiger partial charge in [0.1, 0.15) is 11.6 Å². The number of carbonyl (C=O) groups is 1. The van der Waals surface area contributed by atoms with Crippen LogP contribution in [-0.4, -0.2) is 47.7 Å². The molecule has 1 amide bonds. The van der Waals surface area contributed by atoms with Gasteiger partial charge in [-0.3, -0.25) is 4.90 Å². The quantitative estimate of drug-likeness (QED) is 0.825. The predicted molar refractivity (Wildman–Crippen MR) is 95.8 cm³/mol. The third-order valence-electron chi connectivity index (χ3n) is 5.17. The molecule has 0 bridgehead atoms. The maximum Gasteiger partial charge on any atom is 0.410 e. The van der Waals surface area contributed by atoms with Crippen LogP contribution in [0.15, 0.2) is 30.3 Å². The Morgan fingerprint density at radius 2 is 1.80 bits per heavy atom. The molecule has 1 spiro atoms. The van der Waals surface area contributed by atoms with Crippen molar-refractivity contribution in [3.8, 4) is 6.07 Å². The van der Waals surface area contributed by atoms with Crippen LogP contribution >= 0.6 is 0 Å². The molecule has 5 nitrogen and oxygen atoms in total. The molecule has 0 radical (unpaired) electrons. The maximum absolute atomic E-state index is 12.1. The molecular formula is C20H27N3O2. The molecule has 1 atom stereocenters. The Kier molecular flexibility index (Phi) is 4.75. The van der Waals surface area contributed by atoms with Crippen LogP contribution in [0.1, 0.15) is 45.2 Å². The standard InChI is InChI=1S/C20H27N3O2/c1-19(2,3)25-18(24)23-14-20(15-23)9-11-22(12-10-20)17(13-21)16-7-5-4-6-8-16/h4-8,17H,9-12,14-15H2,1-3H3. The van der Waals surface area contributed by atoms with Gasteiger partial charge in [0.05, 0.1) is 6.07 Å². The minimum atomic E-state index is -0.446. The summed E-state index contributed by atoms with van der Waals surface area (Å²) >= 11 is 0. The second kappa shape index (κ2) is 6.68. The smallest absolute Gasteiger partial charge is 0.410 e. The number of rotatable bonds is 2. The van der Waals surface area contributed by atoms with Crippen LogP contribution in [0.4, 0.5) is 4.79 Å². The third-order valence-corrected chi connectivity index (χ3v) is 5.17. The van der Waals surface area contributed by atoms with E-state index in [4.69, 9.17) is 4.74 Å². The summed E-state index contributed by atoms with van der Waals surface area (Å²) in [6, 6.07) is 12.2. The minimum absolute atomic E-state index is 0.180. The average Bonchev–Trinajstić information content (AvgIpc) is 2.53. The van der Waals surface area contributed by atoms with Gasteiger partial charge < -0.3 is 9.64 Å². The van der Waals surface area contributed by atoms with Crippen LogP contribution in [0, 0.1) is 16.7 Å². The van der Waals surface area contributed by atoms with Gasteiger partial charge in [0.25, 0.3) is 0 Å². The molecule has 0 saturated carbocycles. The maximum atomic E-state index is 12.1. The number of nitriles is 1. The van der Waals surface area contributed by atoms with E-state index >= 15 is 0 Å². The SMILES string of the molecule is CC(C)(C)OC(=O)N1CC2(CCN(C(C#N)c3ccccc3)CC2)C1. The number of hydrogen-bond donors (Lipinski definition) is 0. The van der Waals surface area contributed by atoms with Crippen molar-refractivity contribution in [2.75, 3.05) is 26.2 Å². The lowest BCUT2D eigenvalue weighted by Crippen LogP contribution is -2.62. The van der Waals surface area contributed by atoms with Crippen molar-refractivity contribution in [2.45, 2.75) is 45.3 Å². The Bertz CT molecular complexity index is 644. The summed E-state index contributed by atoms with van der Waals surface area (Å²) in [5.74, 6) is 0. The Labute approximate surface area is 150 Å². The molecular weight excluding hydrogens is 314 g/mol. The summed E-state index contributed by atoms with van der Waals surface area (Å²) in [6.45, 7) is 9.03. The largest absolute Gasteiger partial charge is 0.444 e. The van der Waals surface area contributed by atoms with Crippen LogP contribution in [0.3, 0.4) is 0 Å². The van der Waals surface area contributed by atoms with Crippen LogP contribution in [-0.2, 0) is 4.74 Å². The summed E-state index contributed by atoms with van der Waals surface area (Å²) in [6.07, 6.45) is 1.84. The number of benzene rings is 1. The molecule has 1 unspecified atom stereocenters. The first-order valence-electron chi connectivity index (χ1n) is 8.98. The van der Waals surface area contributed by atoms with Gasteiger partial charge in [-0.25, -0.2) is 4.79 Å². The van der Waals surface area contributed by atoms with Crippen molar-refractivity contribution in [2.24, 2.45) is 5.41 Å². The van der Waals surface area contributed by atoms with E-state index in [1.165, 1.54) is 0 Å². The lowest BCUT2D eigenvalue weighted by Gasteiger charge is -2.54. The van der Waals surface area contributed by atoms with E-state index in [0.29, 0.717) is 0 Å². The highest BCUT2D eigenvalue weighted by Gasteiger charge is 2.48. The second-order valence-electron chi connectivity index (χ2n) is 8.31. The zero-order chi connectivity index (χ0) is 18.1. The molecule has 0 aliphatic carbocycles. The summed E-state index contributed by atoms with van der Waals surface area (Å²) in [5, 5.41) is 9.59. The monoisotopic (exact) mass is 341 g/mol. The van der Waals surface area contributed by atoms with Gasteiger partial charge in [-0.2, -0.15) is 5.26 Å². The van der Waals surface area contributed by atoms with E-state index in [1.807, 2.05) is 51.1 Å². The molecule has 2 saturated heterocycles. The molecule has 2 fully saturated rings. The highest BCUT2D eigenvalue weighted by Crippen LogP contribution is 2.42. The Morgan fingerprint density at radius 1 is 1.20 bits per heavy atom. The third kappa shape index (κ3) is 3.96. The molecule has 2 aliphatic rings. The fraction of sp³-hybridized carbons (Fsp3) is 0.600. The van der Waals surface area contributed by atoms with E-state index in [9.17, 15) is 10.1 Å². The molecule has 5 heteroatoms. The van der Waals surface area contributed by atoms with E-state index in [1.54, 1.807) is 4.90 Å². The Morgan fingerprint density at radius 3 is 2.32 bits per heavy atom. The first-order valence-corrected chi connectivity index (χ1v) is 8.98. The summed E-state index contributed by atoms with van der Waals surface area (Å²) in [4.78, 5) is 16.2. The fourth-order valence-electron chi connectivity index (χ4n) is 3.79. The topological polar surface area (TPSA) is 56.6 Å². The molecule has 2 heterocycles. The second-order valence-corrected chi connectivity index (χ2v) is 8.31. The Hall–Kier alpha value is -2.06. The van der Waals surface area contributed by atoms with E-state index in [-0.39, 0.29) is 17.6 Å². The first-order chi connectivity index (χ1) is 11.8. The highest BCUT2D eigenvalue weighted by molar-refractivity contribution is 5.69. The molecule has 1 aromatic rings. The van der Waals surface area contributed by atoms with Gasteiger partial charge in [0.2, 0.25) is 0 Å². The lowest BCUT2D eigenvalue weighted by molar-refractivity contribution is -0.0617. The molecule has 1 aromatic carbocycles. The van der Waals surface area contributed by atoms with Crippen molar-refractivity contribution < 1.29 is 9.53 Å². The number of carbonyl (C=O) groups excluding carboxylic acids is 1. The average molecular weight is 341 g/mol. The number of hydrogen-bond acceptors (Lipinski definition) is 4. The number of ether oxygens (including phenoxy) is 1. The zero-order valence-electron chi connectivity index (χ0n) is 15.4. The summed E-state index contributed by atoms with van der Waals surface area (Å²) in [7, 11) is 0. The number of piperidine rings is 1. The molecule has 3 rings (SSSR count). The predicted octanol–water partition coefficient (Wildman–Crippen LogP) is 3.58. The molecule has 134 valence electrons. The lowest BCUT2D eigenvalue weighted by atomic mass is 9.72. The zero-order valence-corrected chi connectivity index (χ0v) is 15.4. The normalized spacial score (nSPS) is 21.3. The van der Waals surface area contributed by atoms with Crippen molar-refractivity contribution in [3.63, 3.8) is 0 Å². The number of likely N-dealkylation sites (tertiary alicyclic amines) is 2. The molecule has 2 aliphatic heterocycles. The molecule has 25 heavy (non-hydrogen) atoms. The van der Waals surface area contributed by atoms with Crippen molar-refractivity contribution >= 4 is 6.09 Å².